The molecule has 1 atom stereocenters. The molecule has 168 valence electrons. The molecular weight excluding hydrogens is 395 g/mol. The predicted octanol–water partition coefficient (Wildman–Crippen LogP) is 3.01. The number of guanidine groups is 1. The molecule has 1 aliphatic heterocycles. The van der Waals surface area contributed by atoms with Crippen LogP contribution in [0.4, 0.5) is 4.39 Å². The van der Waals surface area contributed by atoms with E-state index in [9.17, 15) is 4.39 Å². The zero-order valence-electron chi connectivity index (χ0n) is 18.4. The van der Waals surface area contributed by atoms with Gasteiger partial charge in [0.05, 0.1) is 32.9 Å². The second kappa shape index (κ2) is 12.3. The van der Waals surface area contributed by atoms with Gasteiger partial charge >= 0.3 is 0 Å². The summed E-state index contributed by atoms with van der Waals surface area (Å²) in [5.41, 5.74) is 2.09. The Kier molecular flexibility index (Phi) is 9.12. The van der Waals surface area contributed by atoms with Crippen LogP contribution < -0.4 is 15.4 Å². The second-order valence-corrected chi connectivity index (χ2v) is 7.43. The van der Waals surface area contributed by atoms with Gasteiger partial charge in [-0.25, -0.2) is 4.39 Å². The quantitative estimate of drug-likeness (QED) is 0.475. The molecule has 2 aromatic rings. The van der Waals surface area contributed by atoms with Crippen LogP contribution in [0.2, 0.25) is 0 Å². The van der Waals surface area contributed by atoms with E-state index >= 15 is 0 Å². The van der Waals surface area contributed by atoms with Crippen molar-refractivity contribution in [2.24, 2.45) is 4.99 Å². The maximum atomic E-state index is 13.9. The minimum Gasteiger partial charge on any atom is -0.496 e. The summed E-state index contributed by atoms with van der Waals surface area (Å²) in [6.45, 7) is 7.08. The molecule has 7 heteroatoms. The number of para-hydroxylation sites is 1. The molecule has 2 aromatic carbocycles. The molecule has 0 bridgehead atoms. The molecule has 0 radical (unpaired) electrons. The summed E-state index contributed by atoms with van der Waals surface area (Å²) in [5, 5.41) is 6.72. The zero-order chi connectivity index (χ0) is 21.9. The highest BCUT2D eigenvalue weighted by Gasteiger charge is 2.23. The first-order valence-corrected chi connectivity index (χ1v) is 10.9. The average molecular weight is 429 g/mol. The smallest absolute Gasteiger partial charge is 0.191 e. The van der Waals surface area contributed by atoms with E-state index in [1.807, 2.05) is 31.2 Å². The largest absolute Gasteiger partial charge is 0.496 e. The molecule has 2 N–H and O–H groups in total. The van der Waals surface area contributed by atoms with E-state index in [1.54, 1.807) is 19.2 Å². The van der Waals surface area contributed by atoms with Crippen molar-refractivity contribution in [1.82, 2.24) is 15.5 Å². The number of hydrogen-bond acceptors (Lipinski definition) is 4. The number of halogens is 1. The number of rotatable bonds is 9. The van der Waals surface area contributed by atoms with Crippen molar-refractivity contribution < 1.29 is 13.9 Å². The van der Waals surface area contributed by atoms with E-state index in [-0.39, 0.29) is 11.9 Å². The van der Waals surface area contributed by atoms with Crippen LogP contribution in [0.3, 0.4) is 0 Å². The molecule has 1 aliphatic rings. The van der Waals surface area contributed by atoms with Crippen molar-refractivity contribution in [2.45, 2.75) is 19.4 Å². The molecule has 31 heavy (non-hydrogen) atoms. The minimum absolute atomic E-state index is 0.00396. The van der Waals surface area contributed by atoms with Crippen LogP contribution in [0.1, 0.15) is 24.1 Å². The summed E-state index contributed by atoms with van der Waals surface area (Å²) in [6, 6.07) is 14.9. The average Bonchev–Trinajstić information content (AvgIpc) is 2.80. The van der Waals surface area contributed by atoms with Crippen LogP contribution in [0.25, 0.3) is 0 Å². The van der Waals surface area contributed by atoms with Gasteiger partial charge in [-0.1, -0.05) is 30.3 Å². The summed E-state index contributed by atoms with van der Waals surface area (Å²) in [7, 11) is 1.69. The molecule has 0 spiro atoms. The Morgan fingerprint density at radius 2 is 1.97 bits per heavy atom. The Bertz CT molecular complexity index is 840. The van der Waals surface area contributed by atoms with Gasteiger partial charge in [0.1, 0.15) is 11.6 Å². The number of methoxy groups -OCH3 is 1. The monoisotopic (exact) mass is 428 g/mol. The van der Waals surface area contributed by atoms with Crippen molar-refractivity contribution in [1.29, 1.82) is 0 Å². The molecule has 0 saturated carbocycles. The number of nitrogens with one attached hydrogen (secondary N) is 2. The summed E-state index contributed by atoms with van der Waals surface area (Å²) in [6.07, 6.45) is 0.825. The van der Waals surface area contributed by atoms with E-state index in [1.165, 1.54) is 6.07 Å². The fraction of sp³-hybridized carbons (Fsp3) is 0.458. The fourth-order valence-electron chi connectivity index (χ4n) is 3.78. The first-order chi connectivity index (χ1) is 15.2. The molecule has 1 fully saturated rings. The van der Waals surface area contributed by atoms with E-state index < -0.39 is 0 Å². The lowest BCUT2D eigenvalue weighted by molar-refractivity contribution is 0.0179. The third-order valence-corrected chi connectivity index (χ3v) is 5.37. The summed E-state index contributed by atoms with van der Waals surface area (Å²) in [5.74, 6) is 1.43. The van der Waals surface area contributed by atoms with E-state index in [4.69, 9.17) is 14.5 Å². The molecule has 0 aromatic heterocycles. The van der Waals surface area contributed by atoms with Crippen molar-refractivity contribution in [2.75, 3.05) is 53.0 Å². The zero-order valence-corrected chi connectivity index (χ0v) is 18.4. The molecule has 1 heterocycles. The Balaban J connectivity index is 1.67. The number of hydrogen-bond donors (Lipinski definition) is 2. The topological polar surface area (TPSA) is 58.1 Å². The lowest BCUT2D eigenvalue weighted by Crippen LogP contribution is -2.42. The third-order valence-electron chi connectivity index (χ3n) is 5.37. The van der Waals surface area contributed by atoms with Gasteiger partial charge in [0.15, 0.2) is 5.96 Å². The highest BCUT2D eigenvalue weighted by molar-refractivity contribution is 5.79. The van der Waals surface area contributed by atoms with E-state index in [2.05, 4.69) is 21.6 Å². The van der Waals surface area contributed by atoms with Crippen molar-refractivity contribution >= 4 is 5.96 Å². The van der Waals surface area contributed by atoms with Gasteiger partial charge in [0.2, 0.25) is 0 Å². The Hall–Kier alpha value is -2.64. The van der Waals surface area contributed by atoms with Gasteiger partial charge in [0.25, 0.3) is 0 Å². The van der Waals surface area contributed by atoms with Crippen molar-refractivity contribution in [3.05, 3.63) is 65.5 Å². The number of benzene rings is 2. The second-order valence-electron chi connectivity index (χ2n) is 7.43. The van der Waals surface area contributed by atoms with Crippen LogP contribution in [0, 0.1) is 5.82 Å². The number of morpholine rings is 1. The van der Waals surface area contributed by atoms with Gasteiger partial charge in [-0.3, -0.25) is 9.89 Å². The SMILES string of the molecule is CCNC(=NCC(c1cccc(F)c1)N1CCOCC1)NCCc1ccccc1OC. The van der Waals surface area contributed by atoms with Crippen LogP contribution in [-0.4, -0.2) is 63.9 Å². The van der Waals surface area contributed by atoms with Crippen LogP contribution in [0.15, 0.2) is 53.5 Å². The minimum atomic E-state index is -0.221. The van der Waals surface area contributed by atoms with E-state index in [0.29, 0.717) is 19.8 Å². The lowest BCUT2D eigenvalue weighted by Gasteiger charge is -2.34. The van der Waals surface area contributed by atoms with E-state index in [0.717, 1.165) is 55.4 Å². The highest BCUT2D eigenvalue weighted by Crippen LogP contribution is 2.23. The summed E-state index contributed by atoms with van der Waals surface area (Å²) < 4.78 is 24.8. The van der Waals surface area contributed by atoms with Crippen molar-refractivity contribution in [3.8, 4) is 5.75 Å². The number of ether oxygens (including phenoxy) is 2. The first-order valence-electron chi connectivity index (χ1n) is 10.9. The first kappa shape index (κ1) is 23.0. The fourth-order valence-corrected chi connectivity index (χ4v) is 3.78. The normalized spacial score (nSPS) is 16.0. The summed E-state index contributed by atoms with van der Waals surface area (Å²) >= 11 is 0. The van der Waals surface area contributed by atoms with Gasteiger partial charge in [0, 0.05) is 26.2 Å². The molecule has 1 unspecified atom stereocenters. The van der Waals surface area contributed by atoms with Gasteiger partial charge in [-0.05, 0) is 42.7 Å². The van der Waals surface area contributed by atoms with Gasteiger partial charge in [-0.2, -0.15) is 0 Å². The standard InChI is InChI=1S/C24H33FN4O2/c1-3-26-24(27-12-11-19-7-4-5-10-23(19)30-2)28-18-22(29-13-15-31-16-14-29)20-8-6-9-21(25)17-20/h4-10,17,22H,3,11-16,18H2,1-2H3,(H2,26,27,28). The number of nitrogens with zero attached hydrogens (tertiary/aromatic N) is 2. The highest BCUT2D eigenvalue weighted by atomic mass is 19.1. The van der Waals surface area contributed by atoms with Gasteiger partial charge < -0.3 is 20.1 Å². The lowest BCUT2D eigenvalue weighted by atomic mass is 10.0. The number of aliphatic imine (C=N–C) groups is 1. The maximum Gasteiger partial charge on any atom is 0.191 e. The van der Waals surface area contributed by atoms with Crippen LogP contribution in [-0.2, 0) is 11.2 Å². The predicted molar refractivity (Wildman–Crippen MR) is 122 cm³/mol. The molecule has 1 saturated heterocycles. The van der Waals surface area contributed by atoms with Crippen LogP contribution >= 0.6 is 0 Å². The van der Waals surface area contributed by atoms with Crippen LogP contribution in [0.5, 0.6) is 5.75 Å². The van der Waals surface area contributed by atoms with Crippen molar-refractivity contribution in [3.63, 3.8) is 0 Å². The Morgan fingerprint density at radius 1 is 1.16 bits per heavy atom. The Morgan fingerprint density at radius 3 is 2.71 bits per heavy atom. The maximum absolute atomic E-state index is 13.9. The van der Waals surface area contributed by atoms with Gasteiger partial charge in [-0.15, -0.1) is 0 Å². The molecule has 3 rings (SSSR count). The Labute approximate surface area is 184 Å². The molecule has 6 nitrogen and oxygen atoms in total. The molecule has 0 aliphatic carbocycles. The molecule has 0 amide bonds. The summed E-state index contributed by atoms with van der Waals surface area (Å²) in [4.78, 5) is 7.15. The third kappa shape index (κ3) is 6.94. The molecular formula is C24H33FN4O2.